The lowest BCUT2D eigenvalue weighted by Crippen LogP contribution is -1.93. The van der Waals surface area contributed by atoms with Gasteiger partial charge in [-0.1, -0.05) is 5.16 Å². The third-order valence-electron chi connectivity index (χ3n) is 3.70. The molecule has 0 radical (unpaired) electrons. The van der Waals surface area contributed by atoms with E-state index in [1.165, 1.54) is 12.8 Å². The summed E-state index contributed by atoms with van der Waals surface area (Å²) in [7, 11) is 0. The summed E-state index contributed by atoms with van der Waals surface area (Å²) in [5.74, 6) is 3.74. The number of nitrogens with zero attached hydrogens (tertiary/aromatic N) is 5. The van der Waals surface area contributed by atoms with Crippen LogP contribution in [0.15, 0.2) is 29.0 Å². The Morgan fingerprint density at radius 1 is 1.14 bits per heavy atom. The van der Waals surface area contributed by atoms with Crippen LogP contribution in [0, 0.1) is 0 Å². The van der Waals surface area contributed by atoms with E-state index < -0.39 is 0 Å². The molecule has 1 fully saturated rings. The SMILES string of the molecule is c1cc(-c2noc(CCCc3nc(C4CC4)n[nH]3)n2)ccn1. The van der Waals surface area contributed by atoms with Gasteiger partial charge in [-0.25, -0.2) is 4.98 Å². The van der Waals surface area contributed by atoms with E-state index in [1.807, 2.05) is 12.1 Å². The van der Waals surface area contributed by atoms with Crippen molar-refractivity contribution < 1.29 is 4.52 Å². The van der Waals surface area contributed by atoms with Crippen molar-refractivity contribution >= 4 is 0 Å². The molecular formula is C15H16N6O. The van der Waals surface area contributed by atoms with Crippen LogP contribution in [-0.2, 0) is 12.8 Å². The van der Waals surface area contributed by atoms with Crippen molar-refractivity contribution in [1.29, 1.82) is 0 Å². The van der Waals surface area contributed by atoms with Gasteiger partial charge in [0.15, 0.2) is 5.82 Å². The van der Waals surface area contributed by atoms with Gasteiger partial charge in [-0.3, -0.25) is 10.1 Å². The van der Waals surface area contributed by atoms with Crippen LogP contribution in [0.2, 0.25) is 0 Å². The van der Waals surface area contributed by atoms with Crippen molar-refractivity contribution in [2.45, 2.75) is 38.0 Å². The minimum absolute atomic E-state index is 0.587. The zero-order chi connectivity index (χ0) is 14.8. The van der Waals surface area contributed by atoms with Gasteiger partial charge in [0.2, 0.25) is 11.7 Å². The van der Waals surface area contributed by atoms with Gasteiger partial charge >= 0.3 is 0 Å². The van der Waals surface area contributed by atoms with Crippen molar-refractivity contribution in [1.82, 2.24) is 30.3 Å². The first kappa shape index (κ1) is 13.1. The van der Waals surface area contributed by atoms with Gasteiger partial charge in [-0.2, -0.15) is 10.1 Å². The number of hydrogen-bond acceptors (Lipinski definition) is 6. The van der Waals surface area contributed by atoms with Crippen LogP contribution in [0.3, 0.4) is 0 Å². The van der Waals surface area contributed by atoms with E-state index in [4.69, 9.17) is 4.52 Å². The second kappa shape index (κ2) is 5.67. The summed E-state index contributed by atoms with van der Waals surface area (Å²) in [6.45, 7) is 0. The van der Waals surface area contributed by atoms with Gasteiger partial charge < -0.3 is 4.52 Å². The summed E-state index contributed by atoms with van der Waals surface area (Å²) in [5.41, 5.74) is 0.911. The third-order valence-corrected chi connectivity index (χ3v) is 3.70. The molecule has 1 saturated carbocycles. The predicted octanol–water partition coefficient (Wildman–Crippen LogP) is 2.30. The lowest BCUT2D eigenvalue weighted by molar-refractivity contribution is 0.375. The first-order valence-corrected chi connectivity index (χ1v) is 7.52. The Morgan fingerprint density at radius 3 is 2.82 bits per heavy atom. The van der Waals surface area contributed by atoms with E-state index in [2.05, 4.69) is 30.3 Å². The fourth-order valence-electron chi connectivity index (χ4n) is 2.33. The molecule has 0 aliphatic heterocycles. The van der Waals surface area contributed by atoms with Crippen LogP contribution in [0.5, 0.6) is 0 Å². The molecule has 0 amide bonds. The van der Waals surface area contributed by atoms with E-state index in [-0.39, 0.29) is 0 Å². The maximum Gasteiger partial charge on any atom is 0.226 e. The van der Waals surface area contributed by atoms with E-state index in [0.717, 1.165) is 36.5 Å². The van der Waals surface area contributed by atoms with Gasteiger partial charge in [0.05, 0.1) is 0 Å². The van der Waals surface area contributed by atoms with Gasteiger partial charge in [0.1, 0.15) is 5.82 Å². The number of pyridine rings is 1. The first-order valence-electron chi connectivity index (χ1n) is 7.52. The van der Waals surface area contributed by atoms with E-state index >= 15 is 0 Å². The van der Waals surface area contributed by atoms with Crippen molar-refractivity contribution in [2.75, 3.05) is 0 Å². The second-order valence-electron chi connectivity index (χ2n) is 5.52. The average molecular weight is 296 g/mol. The molecule has 3 aromatic heterocycles. The minimum atomic E-state index is 0.587. The first-order chi connectivity index (χ1) is 10.9. The number of nitrogens with one attached hydrogen (secondary N) is 1. The summed E-state index contributed by atoms with van der Waals surface area (Å²) in [6.07, 6.45) is 8.34. The Labute approximate surface area is 127 Å². The van der Waals surface area contributed by atoms with Crippen molar-refractivity contribution in [3.8, 4) is 11.4 Å². The lowest BCUT2D eigenvalue weighted by atomic mass is 10.2. The molecule has 1 aliphatic rings. The molecule has 0 aromatic carbocycles. The smallest absolute Gasteiger partial charge is 0.226 e. The highest BCUT2D eigenvalue weighted by molar-refractivity contribution is 5.52. The largest absolute Gasteiger partial charge is 0.339 e. The Morgan fingerprint density at radius 2 is 2.00 bits per heavy atom. The molecule has 22 heavy (non-hydrogen) atoms. The zero-order valence-electron chi connectivity index (χ0n) is 12.1. The molecule has 0 saturated heterocycles. The molecule has 0 atom stereocenters. The Balaban J connectivity index is 1.33. The number of rotatable bonds is 6. The molecule has 112 valence electrons. The third kappa shape index (κ3) is 2.88. The van der Waals surface area contributed by atoms with Crippen LogP contribution in [0.1, 0.15) is 42.7 Å². The molecule has 7 nitrogen and oxygen atoms in total. The van der Waals surface area contributed by atoms with E-state index in [0.29, 0.717) is 17.6 Å². The predicted molar refractivity (Wildman–Crippen MR) is 77.9 cm³/mol. The molecule has 3 heterocycles. The Hall–Kier alpha value is -2.57. The maximum atomic E-state index is 5.28. The van der Waals surface area contributed by atoms with Crippen LogP contribution in [-0.4, -0.2) is 30.3 Å². The highest BCUT2D eigenvalue weighted by Gasteiger charge is 2.27. The number of H-pyrrole nitrogens is 1. The standard InChI is InChI=1S/C15H16N6O/c1(2-12-17-14(20-19-12)10-4-5-10)3-13-18-15(21-22-13)11-6-8-16-9-7-11/h6-10H,1-5H2,(H,17,19,20). The van der Waals surface area contributed by atoms with Crippen LogP contribution < -0.4 is 0 Å². The highest BCUT2D eigenvalue weighted by Crippen LogP contribution is 2.37. The Kier molecular flexibility index (Phi) is 3.38. The van der Waals surface area contributed by atoms with E-state index in [1.54, 1.807) is 12.4 Å². The molecule has 1 N–H and O–H groups in total. The fraction of sp³-hybridized carbons (Fsp3) is 0.400. The molecule has 7 heteroatoms. The highest BCUT2D eigenvalue weighted by atomic mass is 16.5. The maximum absolute atomic E-state index is 5.28. The molecule has 4 rings (SSSR count). The Bertz CT molecular complexity index is 746. The average Bonchev–Trinajstić information content (AvgIpc) is 3.11. The zero-order valence-corrected chi connectivity index (χ0v) is 12.1. The summed E-state index contributed by atoms with van der Waals surface area (Å²) in [6, 6.07) is 3.73. The van der Waals surface area contributed by atoms with Gasteiger partial charge in [-0.15, -0.1) is 0 Å². The quantitative estimate of drug-likeness (QED) is 0.750. The lowest BCUT2D eigenvalue weighted by Gasteiger charge is -1.93. The molecule has 0 bridgehead atoms. The molecular weight excluding hydrogens is 280 g/mol. The van der Waals surface area contributed by atoms with Crippen molar-refractivity contribution in [2.24, 2.45) is 0 Å². The number of aryl methyl sites for hydroxylation is 2. The summed E-state index contributed by atoms with van der Waals surface area (Å²) >= 11 is 0. The van der Waals surface area contributed by atoms with Gasteiger partial charge in [-0.05, 0) is 31.4 Å². The summed E-state index contributed by atoms with van der Waals surface area (Å²) in [5, 5.41) is 11.3. The fourth-order valence-corrected chi connectivity index (χ4v) is 2.33. The van der Waals surface area contributed by atoms with Gasteiger partial charge in [0, 0.05) is 36.7 Å². The van der Waals surface area contributed by atoms with Crippen LogP contribution in [0.4, 0.5) is 0 Å². The summed E-state index contributed by atoms with van der Waals surface area (Å²) in [4.78, 5) is 12.9. The van der Waals surface area contributed by atoms with Crippen LogP contribution in [0.25, 0.3) is 11.4 Å². The normalized spacial score (nSPS) is 14.4. The molecule has 0 unspecified atom stereocenters. The van der Waals surface area contributed by atoms with Crippen molar-refractivity contribution in [3.63, 3.8) is 0 Å². The molecule has 0 spiro atoms. The number of aromatic amines is 1. The minimum Gasteiger partial charge on any atom is -0.339 e. The molecule has 3 aromatic rings. The van der Waals surface area contributed by atoms with Gasteiger partial charge in [0.25, 0.3) is 0 Å². The topological polar surface area (TPSA) is 93.4 Å². The van der Waals surface area contributed by atoms with Crippen LogP contribution >= 0.6 is 0 Å². The van der Waals surface area contributed by atoms with E-state index in [9.17, 15) is 0 Å². The second-order valence-corrected chi connectivity index (χ2v) is 5.52. The number of hydrogen-bond donors (Lipinski definition) is 1. The molecule has 1 aliphatic carbocycles. The van der Waals surface area contributed by atoms with Crippen molar-refractivity contribution in [3.05, 3.63) is 42.1 Å². The summed E-state index contributed by atoms with van der Waals surface area (Å²) < 4.78 is 5.28. The monoisotopic (exact) mass is 296 g/mol. The number of aromatic nitrogens is 6.